The molecule has 1 aliphatic carbocycles. The van der Waals surface area contributed by atoms with Crippen LogP contribution < -0.4 is 0 Å². The fourth-order valence-corrected chi connectivity index (χ4v) is 3.08. The zero-order valence-electron chi connectivity index (χ0n) is 12.3. The Morgan fingerprint density at radius 3 is 2.50 bits per heavy atom. The molecular weight excluding hydrogens is 361 g/mol. The lowest BCUT2D eigenvalue weighted by Crippen LogP contribution is -2.32. The zero-order valence-corrected chi connectivity index (χ0v) is 13.9. The molecule has 0 amide bonds. The molecular formula is C16H18BrF3O2. The number of benzene rings is 1. The highest BCUT2D eigenvalue weighted by molar-refractivity contribution is 9.10. The number of hydrogen-bond acceptors (Lipinski definition) is 2. The summed E-state index contributed by atoms with van der Waals surface area (Å²) in [5, 5.41) is 0. The molecule has 22 heavy (non-hydrogen) atoms. The molecule has 0 bridgehead atoms. The predicted molar refractivity (Wildman–Crippen MR) is 80.1 cm³/mol. The van der Waals surface area contributed by atoms with Gasteiger partial charge in [0.2, 0.25) is 0 Å². The first-order valence-corrected chi connectivity index (χ1v) is 8.04. The van der Waals surface area contributed by atoms with Crippen LogP contribution in [0.3, 0.4) is 0 Å². The van der Waals surface area contributed by atoms with Crippen LogP contribution in [0, 0.1) is 5.41 Å². The molecule has 2 nitrogen and oxygen atoms in total. The minimum absolute atomic E-state index is 0.154. The van der Waals surface area contributed by atoms with Gasteiger partial charge in [-0.15, -0.1) is 0 Å². The van der Waals surface area contributed by atoms with E-state index in [1.165, 1.54) is 6.07 Å². The Bertz CT molecular complexity index is 549. The van der Waals surface area contributed by atoms with Crippen LogP contribution in [0.25, 0.3) is 0 Å². The molecule has 1 aromatic rings. The van der Waals surface area contributed by atoms with Crippen molar-refractivity contribution in [3.8, 4) is 0 Å². The van der Waals surface area contributed by atoms with Crippen LogP contribution in [0.4, 0.5) is 13.2 Å². The third kappa shape index (κ3) is 4.03. The maximum atomic E-state index is 12.7. The second-order valence-corrected chi connectivity index (χ2v) is 6.86. The van der Waals surface area contributed by atoms with E-state index in [1.54, 1.807) is 0 Å². The molecule has 0 unspecified atom stereocenters. The summed E-state index contributed by atoms with van der Waals surface area (Å²) in [5.41, 5.74) is -0.931. The van der Waals surface area contributed by atoms with Crippen LogP contribution in [0.1, 0.15) is 50.2 Å². The largest absolute Gasteiger partial charge is 0.460 e. The molecule has 2 rings (SSSR count). The summed E-state index contributed by atoms with van der Waals surface area (Å²) in [6.07, 6.45) is 0.222. The van der Waals surface area contributed by atoms with Crippen molar-refractivity contribution in [3.05, 3.63) is 33.8 Å². The van der Waals surface area contributed by atoms with Crippen LogP contribution in [-0.4, -0.2) is 5.97 Å². The maximum absolute atomic E-state index is 12.7. The van der Waals surface area contributed by atoms with Gasteiger partial charge in [0.05, 0.1) is 11.0 Å². The van der Waals surface area contributed by atoms with Gasteiger partial charge in [-0.2, -0.15) is 13.2 Å². The third-order valence-corrected chi connectivity index (χ3v) is 4.96. The molecule has 0 radical (unpaired) electrons. The maximum Gasteiger partial charge on any atom is 0.416 e. The third-order valence-electron chi connectivity index (χ3n) is 4.18. The summed E-state index contributed by atoms with van der Waals surface area (Å²) < 4.78 is 44.0. The molecule has 1 aliphatic rings. The Balaban J connectivity index is 2.06. The number of carbonyl (C=O) groups is 1. The number of alkyl halides is 3. The van der Waals surface area contributed by atoms with Crippen molar-refractivity contribution in [2.24, 2.45) is 5.41 Å². The normalized spacial score (nSPS) is 18.0. The van der Waals surface area contributed by atoms with E-state index in [1.807, 2.05) is 6.92 Å². The molecule has 6 heteroatoms. The lowest BCUT2D eigenvalue weighted by Gasteiger charge is -2.31. The number of esters is 1. The van der Waals surface area contributed by atoms with Crippen LogP contribution in [-0.2, 0) is 22.3 Å². The van der Waals surface area contributed by atoms with Gasteiger partial charge in [0.25, 0.3) is 0 Å². The van der Waals surface area contributed by atoms with E-state index in [9.17, 15) is 18.0 Å². The van der Waals surface area contributed by atoms with E-state index in [0.717, 1.165) is 44.2 Å². The van der Waals surface area contributed by atoms with Crippen molar-refractivity contribution in [2.45, 2.75) is 51.8 Å². The first-order chi connectivity index (χ1) is 10.2. The number of ether oxygens (including phenoxy) is 1. The molecule has 1 aromatic carbocycles. The first kappa shape index (κ1) is 17.3. The zero-order chi connectivity index (χ0) is 16.4. The van der Waals surface area contributed by atoms with Gasteiger partial charge in [-0.25, -0.2) is 0 Å². The smallest absolute Gasteiger partial charge is 0.416 e. The van der Waals surface area contributed by atoms with Crippen molar-refractivity contribution in [1.82, 2.24) is 0 Å². The van der Waals surface area contributed by atoms with E-state index < -0.39 is 17.2 Å². The van der Waals surface area contributed by atoms with Gasteiger partial charge in [-0.1, -0.05) is 35.2 Å². The van der Waals surface area contributed by atoms with Gasteiger partial charge in [0, 0.05) is 10.0 Å². The van der Waals surface area contributed by atoms with Crippen LogP contribution in [0.5, 0.6) is 0 Å². The average Bonchev–Trinajstić information content (AvgIpc) is 2.45. The van der Waals surface area contributed by atoms with Gasteiger partial charge < -0.3 is 4.74 Å². The van der Waals surface area contributed by atoms with Gasteiger partial charge in [0.1, 0.15) is 6.61 Å². The summed E-state index contributed by atoms with van der Waals surface area (Å²) in [6.45, 7) is 1.72. The summed E-state index contributed by atoms with van der Waals surface area (Å²) in [5.74, 6) is -0.323. The van der Waals surface area contributed by atoms with Crippen molar-refractivity contribution in [2.75, 3.05) is 0 Å². The van der Waals surface area contributed by atoms with E-state index in [-0.39, 0.29) is 12.6 Å². The SMILES string of the molecule is CC1(C(=O)OCc2cc(C(F)(F)F)ccc2Br)CCCCC1. The average molecular weight is 379 g/mol. The fraction of sp³-hybridized carbons (Fsp3) is 0.562. The molecule has 1 saturated carbocycles. The van der Waals surface area contributed by atoms with Crippen molar-refractivity contribution in [3.63, 3.8) is 0 Å². The lowest BCUT2D eigenvalue weighted by atomic mass is 9.76. The number of rotatable bonds is 3. The van der Waals surface area contributed by atoms with Crippen LogP contribution >= 0.6 is 15.9 Å². The monoisotopic (exact) mass is 378 g/mol. The lowest BCUT2D eigenvalue weighted by molar-refractivity contribution is -0.158. The topological polar surface area (TPSA) is 26.3 Å². The highest BCUT2D eigenvalue weighted by Gasteiger charge is 2.36. The Morgan fingerprint density at radius 1 is 1.27 bits per heavy atom. The quantitative estimate of drug-likeness (QED) is 0.650. The van der Waals surface area contributed by atoms with Gasteiger partial charge >= 0.3 is 12.1 Å². The van der Waals surface area contributed by atoms with Gasteiger partial charge in [-0.05, 0) is 38.0 Å². The summed E-state index contributed by atoms with van der Waals surface area (Å²) >= 11 is 3.20. The molecule has 0 aliphatic heterocycles. The van der Waals surface area contributed by atoms with E-state index in [0.29, 0.717) is 10.0 Å². The Morgan fingerprint density at radius 2 is 1.91 bits per heavy atom. The number of carbonyl (C=O) groups excluding carboxylic acids is 1. The number of halogens is 4. The predicted octanol–water partition coefficient (Wildman–Crippen LogP) is 5.48. The first-order valence-electron chi connectivity index (χ1n) is 7.25. The number of hydrogen-bond donors (Lipinski definition) is 0. The van der Waals surface area contributed by atoms with Gasteiger partial charge in [-0.3, -0.25) is 4.79 Å². The van der Waals surface area contributed by atoms with Crippen LogP contribution in [0.15, 0.2) is 22.7 Å². The fourth-order valence-electron chi connectivity index (χ4n) is 2.72. The Labute approximate surface area is 136 Å². The molecule has 0 spiro atoms. The molecule has 0 aromatic heterocycles. The minimum Gasteiger partial charge on any atom is -0.460 e. The van der Waals surface area contributed by atoms with E-state index >= 15 is 0 Å². The second kappa shape index (κ2) is 6.60. The molecule has 1 fully saturated rings. The minimum atomic E-state index is -4.41. The summed E-state index contributed by atoms with van der Waals surface area (Å²) in [4.78, 5) is 12.2. The molecule has 0 saturated heterocycles. The van der Waals surface area contributed by atoms with Crippen LogP contribution in [0.2, 0.25) is 0 Å². The molecule has 0 heterocycles. The summed E-state index contributed by atoms with van der Waals surface area (Å²) in [6, 6.07) is 3.34. The Hall–Kier alpha value is -1.04. The van der Waals surface area contributed by atoms with Crippen molar-refractivity contribution < 1.29 is 22.7 Å². The summed E-state index contributed by atoms with van der Waals surface area (Å²) in [7, 11) is 0. The highest BCUT2D eigenvalue weighted by atomic mass is 79.9. The Kier molecular flexibility index (Phi) is 5.20. The molecule has 0 N–H and O–H groups in total. The molecule has 122 valence electrons. The van der Waals surface area contributed by atoms with E-state index in [2.05, 4.69) is 15.9 Å². The highest BCUT2D eigenvalue weighted by Crippen LogP contribution is 2.37. The standard InChI is InChI=1S/C16H18BrF3O2/c1-15(7-3-2-4-8-15)14(21)22-10-11-9-12(16(18,19)20)5-6-13(11)17/h5-6,9H,2-4,7-8,10H2,1H3. The van der Waals surface area contributed by atoms with E-state index in [4.69, 9.17) is 4.74 Å². The van der Waals surface area contributed by atoms with Crippen molar-refractivity contribution in [1.29, 1.82) is 0 Å². The second-order valence-electron chi connectivity index (χ2n) is 6.00. The molecule has 0 atom stereocenters. The van der Waals surface area contributed by atoms with Gasteiger partial charge in [0.15, 0.2) is 0 Å². The van der Waals surface area contributed by atoms with Crippen molar-refractivity contribution >= 4 is 21.9 Å².